The van der Waals surface area contributed by atoms with Crippen LogP contribution in [0.1, 0.15) is 10.4 Å². The number of carbonyl (C=O) groups excluding carboxylic acids is 1. The van der Waals surface area contributed by atoms with Crippen molar-refractivity contribution in [2.24, 2.45) is 5.73 Å². The summed E-state index contributed by atoms with van der Waals surface area (Å²) < 4.78 is 0. The topological polar surface area (TPSA) is 86.2 Å². The predicted molar refractivity (Wildman–Crippen MR) is 67.1 cm³/mol. The highest BCUT2D eigenvalue weighted by molar-refractivity contribution is 6.00. The lowest BCUT2D eigenvalue weighted by molar-refractivity contribution is -0.384. The largest absolute Gasteiger partial charge is 0.366 e. The second kappa shape index (κ2) is 4.67. The number of nitro benzene ring substituents is 1. The predicted octanol–water partition coefficient (Wildman–Crippen LogP) is 2.36. The Morgan fingerprint density at radius 3 is 2.17 bits per heavy atom. The first-order valence-electron chi connectivity index (χ1n) is 5.24. The molecule has 1 amide bonds. The molecular formula is C13H10N2O3. The number of amides is 1. The normalized spacial score (nSPS) is 10.0. The maximum Gasteiger partial charge on any atom is 0.277 e. The van der Waals surface area contributed by atoms with Gasteiger partial charge in [0.2, 0.25) is 5.91 Å². The van der Waals surface area contributed by atoms with Gasteiger partial charge in [0.1, 0.15) is 0 Å². The Hall–Kier alpha value is -2.69. The van der Waals surface area contributed by atoms with Crippen LogP contribution in [-0.4, -0.2) is 10.8 Å². The van der Waals surface area contributed by atoms with Crippen LogP contribution < -0.4 is 5.73 Å². The lowest BCUT2D eigenvalue weighted by atomic mass is 9.98. The Morgan fingerprint density at radius 1 is 1.00 bits per heavy atom. The molecule has 0 aliphatic carbocycles. The van der Waals surface area contributed by atoms with E-state index in [1.54, 1.807) is 42.5 Å². The highest BCUT2D eigenvalue weighted by atomic mass is 16.6. The van der Waals surface area contributed by atoms with Gasteiger partial charge in [0.15, 0.2) is 0 Å². The van der Waals surface area contributed by atoms with Crippen molar-refractivity contribution >= 4 is 11.6 Å². The van der Waals surface area contributed by atoms with Crippen LogP contribution in [0, 0.1) is 10.1 Å². The molecule has 0 saturated carbocycles. The first kappa shape index (κ1) is 11.8. The van der Waals surface area contributed by atoms with Crippen LogP contribution in [0.5, 0.6) is 0 Å². The van der Waals surface area contributed by atoms with Crippen LogP contribution in [0.4, 0.5) is 5.69 Å². The second-order valence-corrected chi connectivity index (χ2v) is 3.68. The van der Waals surface area contributed by atoms with E-state index in [0.29, 0.717) is 11.1 Å². The Bertz CT molecular complexity index is 568. The van der Waals surface area contributed by atoms with Crippen molar-refractivity contribution in [3.05, 3.63) is 64.2 Å². The van der Waals surface area contributed by atoms with Gasteiger partial charge < -0.3 is 5.73 Å². The maximum atomic E-state index is 11.3. The molecule has 0 aliphatic rings. The number of para-hydroxylation sites is 1. The zero-order chi connectivity index (χ0) is 13.1. The molecule has 2 rings (SSSR count). The van der Waals surface area contributed by atoms with Gasteiger partial charge in [-0.05, 0) is 12.1 Å². The molecule has 2 aromatic carbocycles. The number of carbonyl (C=O) groups is 1. The van der Waals surface area contributed by atoms with Gasteiger partial charge in [0.05, 0.1) is 10.5 Å². The van der Waals surface area contributed by atoms with Gasteiger partial charge in [-0.2, -0.15) is 0 Å². The molecule has 0 unspecified atom stereocenters. The third kappa shape index (κ3) is 2.06. The number of benzene rings is 2. The molecule has 0 saturated heterocycles. The molecule has 0 bridgehead atoms. The molecule has 5 heteroatoms. The molecule has 2 N–H and O–H groups in total. The van der Waals surface area contributed by atoms with E-state index in [9.17, 15) is 14.9 Å². The van der Waals surface area contributed by atoms with Gasteiger partial charge in [-0.25, -0.2) is 0 Å². The highest BCUT2D eigenvalue weighted by Crippen LogP contribution is 2.31. The van der Waals surface area contributed by atoms with Crippen molar-refractivity contribution in [1.82, 2.24) is 0 Å². The van der Waals surface area contributed by atoms with Gasteiger partial charge in [0, 0.05) is 17.2 Å². The second-order valence-electron chi connectivity index (χ2n) is 3.68. The van der Waals surface area contributed by atoms with E-state index in [0.717, 1.165) is 0 Å². The fourth-order valence-electron chi connectivity index (χ4n) is 1.79. The van der Waals surface area contributed by atoms with Crippen molar-refractivity contribution in [3.63, 3.8) is 0 Å². The van der Waals surface area contributed by atoms with Crippen molar-refractivity contribution < 1.29 is 9.72 Å². The standard InChI is InChI=1S/C13H10N2O3/c14-13(16)11-7-2-1-5-9(11)10-6-3-4-8-12(10)15(17)18/h1-8H,(H2,14,16). The van der Waals surface area contributed by atoms with E-state index in [1.165, 1.54) is 6.07 Å². The van der Waals surface area contributed by atoms with Crippen LogP contribution in [0.25, 0.3) is 11.1 Å². The van der Waals surface area contributed by atoms with Crippen LogP contribution in [-0.2, 0) is 0 Å². The quantitative estimate of drug-likeness (QED) is 0.662. The van der Waals surface area contributed by atoms with E-state index in [1.807, 2.05) is 0 Å². The number of nitro groups is 1. The summed E-state index contributed by atoms with van der Waals surface area (Å²) in [5.41, 5.74) is 6.35. The number of rotatable bonds is 3. The van der Waals surface area contributed by atoms with E-state index in [4.69, 9.17) is 5.73 Å². The first-order chi connectivity index (χ1) is 8.61. The average Bonchev–Trinajstić information content (AvgIpc) is 2.38. The molecule has 0 aromatic heterocycles. The monoisotopic (exact) mass is 242 g/mol. The Kier molecular flexibility index (Phi) is 3.05. The van der Waals surface area contributed by atoms with Crippen LogP contribution in [0.15, 0.2) is 48.5 Å². The Labute approximate surface area is 103 Å². The number of hydrogen-bond donors (Lipinski definition) is 1. The number of nitrogens with zero attached hydrogens (tertiary/aromatic N) is 1. The smallest absolute Gasteiger partial charge is 0.277 e. The minimum absolute atomic E-state index is 0.0498. The number of nitrogens with two attached hydrogens (primary N) is 1. The lowest BCUT2D eigenvalue weighted by Gasteiger charge is -2.07. The Morgan fingerprint density at radius 2 is 1.56 bits per heavy atom. The van der Waals surface area contributed by atoms with E-state index in [-0.39, 0.29) is 11.3 Å². The van der Waals surface area contributed by atoms with Gasteiger partial charge in [-0.1, -0.05) is 30.3 Å². The van der Waals surface area contributed by atoms with Crippen molar-refractivity contribution in [2.75, 3.05) is 0 Å². The minimum atomic E-state index is -0.608. The molecule has 0 aliphatic heterocycles. The molecular weight excluding hydrogens is 232 g/mol. The molecule has 90 valence electrons. The van der Waals surface area contributed by atoms with Crippen molar-refractivity contribution in [2.45, 2.75) is 0 Å². The number of hydrogen-bond acceptors (Lipinski definition) is 3. The van der Waals surface area contributed by atoms with Crippen LogP contribution in [0.2, 0.25) is 0 Å². The molecule has 0 atom stereocenters. The molecule has 5 nitrogen and oxygen atoms in total. The summed E-state index contributed by atoms with van der Waals surface area (Å²) in [5, 5.41) is 11.0. The minimum Gasteiger partial charge on any atom is -0.366 e. The van der Waals surface area contributed by atoms with Gasteiger partial charge >= 0.3 is 0 Å². The van der Waals surface area contributed by atoms with Gasteiger partial charge in [0.25, 0.3) is 5.69 Å². The summed E-state index contributed by atoms with van der Waals surface area (Å²) in [6.45, 7) is 0. The molecule has 0 radical (unpaired) electrons. The van der Waals surface area contributed by atoms with Gasteiger partial charge in [-0.15, -0.1) is 0 Å². The van der Waals surface area contributed by atoms with Crippen molar-refractivity contribution in [3.8, 4) is 11.1 Å². The average molecular weight is 242 g/mol. The molecule has 2 aromatic rings. The summed E-state index contributed by atoms with van der Waals surface area (Å²) >= 11 is 0. The van der Waals surface area contributed by atoms with E-state index < -0.39 is 10.8 Å². The molecule has 0 fully saturated rings. The van der Waals surface area contributed by atoms with E-state index in [2.05, 4.69) is 0 Å². The SMILES string of the molecule is NC(=O)c1ccccc1-c1ccccc1[N+](=O)[O-]. The zero-order valence-corrected chi connectivity index (χ0v) is 9.37. The summed E-state index contributed by atoms with van der Waals surface area (Å²) in [5.74, 6) is -0.608. The fraction of sp³-hybridized carbons (Fsp3) is 0. The van der Waals surface area contributed by atoms with Crippen LogP contribution >= 0.6 is 0 Å². The third-order valence-electron chi connectivity index (χ3n) is 2.58. The molecule has 0 heterocycles. The summed E-state index contributed by atoms with van der Waals surface area (Å²) in [6.07, 6.45) is 0. The molecule has 18 heavy (non-hydrogen) atoms. The highest BCUT2D eigenvalue weighted by Gasteiger charge is 2.18. The lowest BCUT2D eigenvalue weighted by Crippen LogP contribution is -2.12. The zero-order valence-electron chi connectivity index (χ0n) is 9.37. The fourth-order valence-corrected chi connectivity index (χ4v) is 1.79. The summed E-state index contributed by atoms with van der Waals surface area (Å²) in [6, 6.07) is 12.8. The van der Waals surface area contributed by atoms with Crippen LogP contribution in [0.3, 0.4) is 0 Å². The summed E-state index contributed by atoms with van der Waals surface area (Å²) in [7, 11) is 0. The van der Waals surface area contributed by atoms with E-state index >= 15 is 0 Å². The third-order valence-corrected chi connectivity index (χ3v) is 2.58. The Balaban J connectivity index is 2.70. The van der Waals surface area contributed by atoms with Gasteiger partial charge in [-0.3, -0.25) is 14.9 Å². The number of primary amides is 1. The summed E-state index contributed by atoms with van der Waals surface area (Å²) in [4.78, 5) is 21.8. The first-order valence-corrected chi connectivity index (χ1v) is 5.24. The van der Waals surface area contributed by atoms with Crippen molar-refractivity contribution in [1.29, 1.82) is 0 Å². The molecule has 0 spiro atoms. The maximum absolute atomic E-state index is 11.3.